The van der Waals surface area contributed by atoms with Crippen molar-refractivity contribution in [1.82, 2.24) is 4.90 Å². The fraction of sp³-hybridized carbons (Fsp3) is 0.929. The van der Waals surface area contributed by atoms with Crippen LogP contribution in [0.5, 0.6) is 0 Å². The van der Waals surface area contributed by atoms with E-state index in [0.29, 0.717) is 11.7 Å². The Balaban J connectivity index is 2.25. The summed E-state index contributed by atoms with van der Waals surface area (Å²) < 4.78 is 0. The number of nitrogens with zero attached hydrogens (tertiary/aromatic N) is 1. The van der Waals surface area contributed by atoms with Gasteiger partial charge in [-0.3, -0.25) is 4.79 Å². The number of carbonyl (C=O) groups excluding carboxylic acids is 1. The second-order valence-electron chi connectivity index (χ2n) is 5.51. The van der Waals surface area contributed by atoms with E-state index in [2.05, 4.69) is 25.8 Å². The molecule has 2 nitrogen and oxygen atoms in total. The maximum absolute atomic E-state index is 11.8. The summed E-state index contributed by atoms with van der Waals surface area (Å²) in [6.45, 7) is 6.63. The highest BCUT2D eigenvalue weighted by molar-refractivity contribution is 5.81. The van der Waals surface area contributed by atoms with Gasteiger partial charge in [-0.25, -0.2) is 0 Å². The summed E-state index contributed by atoms with van der Waals surface area (Å²) in [4.78, 5) is 14.1. The van der Waals surface area contributed by atoms with Gasteiger partial charge in [-0.15, -0.1) is 0 Å². The van der Waals surface area contributed by atoms with Crippen molar-refractivity contribution in [2.45, 2.75) is 52.4 Å². The van der Waals surface area contributed by atoms with Crippen molar-refractivity contribution >= 4 is 5.78 Å². The summed E-state index contributed by atoms with van der Waals surface area (Å²) in [7, 11) is 2.15. The number of rotatable bonds is 6. The summed E-state index contributed by atoms with van der Waals surface area (Å²) in [5, 5.41) is 0. The SMILES string of the molecule is CCCCCN(C)CC1CC(C)CCC1=O. The predicted octanol–water partition coefficient (Wildman–Crippen LogP) is 3.11. The molecule has 0 aromatic carbocycles. The van der Waals surface area contributed by atoms with Crippen molar-refractivity contribution in [3.05, 3.63) is 0 Å². The number of unbranched alkanes of at least 4 members (excludes halogenated alkanes) is 2. The lowest BCUT2D eigenvalue weighted by Gasteiger charge is -2.29. The van der Waals surface area contributed by atoms with Gasteiger partial charge in [-0.2, -0.15) is 0 Å². The zero-order valence-electron chi connectivity index (χ0n) is 11.2. The summed E-state index contributed by atoms with van der Waals surface area (Å²) in [5.41, 5.74) is 0. The molecule has 1 aliphatic carbocycles. The van der Waals surface area contributed by atoms with Crippen LogP contribution < -0.4 is 0 Å². The van der Waals surface area contributed by atoms with Crippen molar-refractivity contribution in [3.8, 4) is 0 Å². The third-order valence-electron chi connectivity index (χ3n) is 3.70. The van der Waals surface area contributed by atoms with Crippen molar-refractivity contribution in [3.63, 3.8) is 0 Å². The minimum atomic E-state index is 0.315. The third kappa shape index (κ3) is 4.65. The molecule has 0 aliphatic heterocycles. The molecule has 0 bridgehead atoms. The summed E-state index contributed by atoms with van der Waals surface area (Å²) in [6.07, 6.45) is 6.87. The average Bonchev–Trinajstić information content (AvgIpc) is 2.24. The van der Waals surface area contributed by atoms with Crippen LogP contribution in [-0.2, 0) is 4.79 Å². The van der Waals surface area contributed by atoms with Gasteiger partial charge in [0.1, 0.15) is 5.78 Å². The summed E-state index contributed by atoms with van der Waals surface area (Å²) in [5.74, 6) is 1.56. The van der Waals surface area contributed by atoms with E-state index < -0.39 is 0 Å². The van der Waals surface area contributed by atoms with Gasteiger partial charge in [0.2, 0.25) is 0 Å². The van der Waals surface area contributed by atoms with E-state index in [-0.39, 0.29) is 0 Å². The lowest BCUT2D eigenvalue weighted by Crippen LogP contribution is -2.34. The largest absolute Gasteiger partial charge is 0.306 e. The van der Waals surface area contributed by atoms with E-state index in [1.54, 1.807) is 0 Å². The Hall–Kier alpha value is -0.370. The fourth-order valence-electron chi connectivity index (χ4n) is 2.60. The Morgan fingerprint density at radius 2 is 2.12 bits per heavy atom. The van der Waals surface area contributed by atoms with E-state index >= 15 is 0 Å². The highest BCUT2D eigenvalue weighted by Crippen LogP contribution is 2.26. The molecule has 0 aromatic heterocycles. The Morgan fingerprint density at radius 1 is 1.38 bits per heavy atom. The molecular weight excluding hydrogens is 198 g/mol. The summed E-state index contributed by atoms with van der Waals surface area (Å²) >= 11 is 0. The lowest BCUT2D eigenvalue weighted by molar-refractivity contribution is -0.126. The zero-order chi connectivity index (χ0) is 12.0. The van der Waals surface area contributed by atoms with Gasteiger partial charge in [0, 0.05) is 18.9 Å². The van der Waals surface area contributed by atoms with Gasteiger partial charge in [0.15, 0.2) is 0 Å². The first kappa shape index (κ1) is 13.7. The Morgan fingerprint density at radius 3 is 2.81 bits per heavy atom. The van der Waals surface area contributed by atoms with Crippen LogP contribution >= 0.6 is 0 Å². The number of hydrogen-bond acceptors (Lipinski definition) is 2. The molecule has 2 unspecified atom stereocenters. The monoisotopic (exact) mass is 225 g/mol. The molecule has 0 N–H and O–H groups in total. The Labute approximate surface area is 100 Å². The van der Waals surface area contributed by atoms with Gasteiger partial charge in [0.05, 0.1) is 0 Å². The Bertz CT molecular complexity index is 215. The molecule has 1 saturated carbocycles. The molecular formula is C14H27NO. The van der Waals surface area contributed by atoms with E-state index in [1.165, 1.54) is 19.3 Å². The van der Waals surface area contributed by atoms with Gasteiger partial charge in [-0.05, 0) is 38.8 Å². The maximum Gasteiger partial charge on any atom is 0.137 e. The minimum Gasteiger partial charge on any atom is -0.306 e. The van der Waals surface area contributed by atoms with Gasteiger partial charge in [0.25, 0.3) is 0 Å². The number of hydrogen-bond donors (Lipinski definition) is 0. The second-order valence-corrected chi connectivity index (χ2v) is 5.51. The topological polar surface area (TPSA) is 20.3 Å². The van der Waals surface area contributed by atoms with Gasteiger partial charge >= 0.3 is 0 Å². The lowest BCUT2D eigenvalue weighted by atomic mass is 9.81. The average molecular weight is 225 g/mol. The van der Waals surface area contributed by atoms with Crippen LogP contribution in [0.4, 0.5) is 0 Å². The molecule has 0 saturated heterocycles. The molecule has 0 aromatic rings. The smallest absolute Gasteiger partial charge is 0.137 e. The molecule has 2 heteroatoms. The van der Waals surface area contributed by atoms with Crippen LogP contribution in [0.1, 0.15) is 52.4 Å². The van der Waals surface area contributed by atoms with E-state index in [9.17, 15) is 4.79 Å². The van der Waals surface area contributed by atoms with Crippen molar-refractivity contribution < 1.29 is 4.79 Å². The number of carbonyl (C=O) groups is 1. The molecule has 1 fully saturated rings. The standard InChI is InChI=1S/C14H27NO/c1-4-5-6-9-15(3)11-13-10-12(2)7-8-14(13)16/h12-13H,4-11H2,1-3H3. The first-order chi connectivity index (χ1) is 7.63. The normalized spacial score (nSPS) is 26.4. The molecule has 94 valence electrons. The number of ketones is 1. The first-order valence-corrected chi connectivity index (χ1v) is 6.84. The van der Waals surface area contributed by atoms with Crippen LogP contribution in [0.15, 0.2) is 0 Å². The van der Waals surface area contributed by atoms with E-state index in [4.69, 9.17) is 0 Å². The molecule has 0 heterocycles. The highest BCUT2D eigenvalue weighted by atomic mass is 16.1. The van der Waals surface area contributed by atoms with E-state index in [0.717, 1.165) is 38.3 Å². The van der Waals surface area contributed by atoms with Crippen molar-refractivity contribution in [2.75, 3.05) is 20.1 Å². The van der Waals surface area contributed by atoms with Crippen LogP contribution in [0.3, 0.4) is 0 Å². The molecule has 1 aliphatic rings. The Kier molecular flexibility index (Phi) is 6.04. The second kappa shape index (κ2) is 7.05. The zero-order valence-corrected chi connectivity index (χ0v) is 11.2. The molecule has 1 rings (SSSR count). The molecule has 16 heavy (non-hydrogen) atoms. The molecule has 0 spiro atoms. The van der Waals surface area contributed by atoms with Crippen molar-refractivity contribution in [2.24, 2.45) is 11.8 Å². The van der Waals surface area contributed by atoms with E-state index in [1.807, 2.05) is 0 Å². The minimum absolute atomic E-state index is 0.315. The van der Waals surface area contributed by atoms with Crippen LogP contribution in [0.2, 0.25) is 0 Å². The van der Waals surface area contributed by atoms with Crippen LogP contribution in [-0.4, -0.2) is 30.8 Å². The van der Waals surface area contributed by atoms with Crippen molar-refractivity contribution in [1.29, 1.82) is 0 Å². The summed E-state index contributed by atoms with van der Waals surface area (Å²) in [6, 6.07) is 0. The number of Topliss-reactive ketones (excluding diaryl/α,β-unsaturated/α-hetero) is 1. The molecule has 0 radical (unpaired) electrons. The third-order valence-corrected chi connectivity index (χ3v) is 3.70. The molecule has 2 atom stereocenters. The quantitative estimate of drug-likeness (QED) is 0.647. The predicted molar refractivity (Wildman–Crippen MR) is 68.5 cm³/mol. The fourth-order valence-corrected chi connectivity index (χ4v) is 2.60. The first-order valence-electron chi connectivity index (χ1n) is 6.84. The van der Waals surface area contributed by atoms with Gasteiger partial charge in [-0.1, -0.05) is 26.7 Å². The highest BCUT2D eigenvalue weighted by Gasteiger charge is 2.26. The van der Waals surface area contributed by atoms with Gasteiger partial charge < -0.3 is 4.90 Å². The molecule has 0 amide bonds. The van der Waals surface area contributed by atoms with Crippen LogP contribution in [0.25, 0.3) is 0 Å². The van der Waals surface area contributed by atoms with Crippen LogP contribution in [0, 0.1) is 11.8 Å². The maximum atomic E-state index is 11.8.